The molecule has 0 aliphatic rings. The molecule has 0 saturated heterocycles. The van der Waals surface area contributed by atoms with E-state index in [9.17, 15) is 8.42 Å². The Balaban J connectivity index is 3.15. The van der Waals surface area contributed by atoms with E-state index >= 15 is 0 Å². The normalized spacial score (nSPS) is 12.7. The Labute approximate surface area is 106 Å². The van der Waals surface area contributed by atoms with Crippen molar-refractivity contribution < 1.29 is 18.6 Å². The molecule has 102 valence electrons. The zero-order chi connectivity index (χ0) is 14.0. The lowest BCUT2D eigenvalue weighted by molar-refractivity contribution is 0.122. The van der Waals surface area contributed by atoms with E-state index in [0.717, 1.165) is 5.56 Å². The summed E-state index contributed by atoms with van der Waals surface area (Å²) in [6, 6.07) is 4.56. The summed E-state index contributed by atoms with van der Waals surface area (Å²) in [7, 11) is -3.88. The van der Waals surface area contributed by atoms with Crippen LogP contribution in [-0.4, -0.2) is 37.4 Å². The molecular weight excluding hydrogens is 256 g/mol. The first kappa shape index (κ1) is 14.9. The SMILES string of the molecule is Cc1ccc(S(=O)(=O)NC(C)(CO)CO)c(N)c1. The molecule has 0 atom stereocenters. The van der Waals surface area contributed by atoms with Crippen molar-refractivity contribution in [1.82, 2.24) is 4.72 Å². The molecule has 0 fully saturated rings. The molecule has 0 spiro atoms. The minimum absolute atomic E-state index is 0.0683. The van der Waals surface area contributed by atoms with E-state index in [2.05, 4.69) is 4.72 Å². The highest BCUT2D eigenvalue weighted by Gasteiger charge is 2.30. The van der Waals surface area contributed by atoms with E-state index < -0.39 is 28.8 Å². The van der Waals surface area contributed by atoms with E-state index in [0.29, 0.717) is 0 Å². The predicted octanol–water partition coefficient (Wildman–Crippen LogP) is -0.401. The number of hydrogen-bond donors (Lipinski definition) is 4. The number of aryl methyl sites for hydroxylation is 1. The molecular formula is C11H18N2O4S. The first-order valence-electron chi connectivity index (χ1n) is 5.36. The van der Waals surface area contributed by atoms with Gasteiger partial charge in [0.05, 0.1) is 24.4 Å². The third-order valence-corrected chi connectivity index (χ3v) is 4.25. The number of aliphatic hydroxyl groups is 2. The molecule has 1 rings (SSSR count). The third kappa shape index (κ3) is 3.20. The van der Waals surface area contributed by atoms with E-state index in [1.54, 1.807) is 19.1 Å². The minimum atomic E-state index is -3.88. The lowest BCUT2D eigenvalue weighted by atomic mass is 10.1. The first-order valence-corrected chi connectivity index (χ1v) is 6.84. The van der Waals surface area contributed by atoms with Crippen molar-refractivity contribution in [2.45, 2.75) is 24.3 Å². The number of aliphatic hydroxyl groups excluding tert-OH is 2. The molecule has 0 radical (unpaired) electrons. The second-order valence-corrected chi connectivity index (χ2v) is 6.17. The van der Waals surface area contributed by atoms with Crippen LogP contribution in [0.1, 0.15) is 12.5 Å². The van der Waals surface area contributed by atoms with Crippen LogP contribution in [0.15, 0.2) is 23.1 Å². The summed E-state index contributed by atoms with van der Waals surface area (Å²) in [4.78, 5) is -0.0683. The highest BCUT2D eigenvalue weighted by atomic mass is 32.2. The monoisotopic (exact) mass is 274 g/mol. The topological polar surface area (TPSA) is 113 Å². The zero-order valence-corrected chi connectivity index (χ0v) is 11.2. The average Bonchev–Trinajstić information content (AvgIpc) is 2.27. The van der Waals surface area contributed by atoms with Crippen molar-refractivity contribution in [3.63, 3.8) is 0 Å². The van der Waals surface area contributed by atoms with Gasteiger partial charge in [0.2, 0.25) is 10.0 Å². The molecule has 0 bridgehead atoms. The van der Waals surface area contributed by atoms with Crippen LogP contribution in [0.5, 0.6) is 0 Å². The summed E-state index contributed by atoms with van der Waals surface area (Å²) in [6.45, 7) is 2.16. The molecule has 18 heavy (non-hydrogen) atoms. The van der Waals surface area contributed by atoms with Gasteiger partial charge in [0, 0.05) is 0 Å². The van der Waals surface area contributed by atoms with Gasteiger partial charge in [-0.2, -0.15) is 0 Å². The van der Waals surface area contributed by atoms with Gasteiger partial charge < -0.3 is 15.9 Å². The maximum Gasteiger partial charge on any atom is 0.243 e. The molecule has 1 aromatic carbocycles. The van der Waals surface area contributed by atoms with Gasteiger partial charge in [-0.3, -0.25) is 0 Å². The Kier molecular flexibility index (Phi) is 4.33. The Morgan fingerprint density at radius 2 is 1.89 bits per heavy atom. The Bertz CT molecular complexity index is 524. The van der Waals surface area contributed by atoms with Gasteiger partial charge in [0.25, 0.3) is 0 Å². The third-order valence-electron chi connectivity index (χ3n) is 2.53. The van der Waals surface area contributed by atoms with Gasteiger partial charge in [0.15, 0.2) is 0 Å². The number of hydrogen-bond acceptors (Lipinski definition) is 5. The summed E-state index contributed by atoms with van der Waals surface area (Å²) in [5.74, 6) is 0. The van der Waals surface area contributed by atoms with Gasteiger partial charge in [-0.05, 0) is 31.5 Å². The van der Waals surface area contributed by atoms with Crippen LogP contribution in [0.25, 0.3) is 0 Å². The molecule has 0 heterocycles. The summed E-state index contributed by atoms with van der Waals surface area (Å²) in [6.07, 6.45) is 0. The molecule has 0 unspecified atom stereocenters. The van der Waals surface area contributed by atoms with Crippen LogP contribution >= 0.6 is 0 Å². The first-order chi connectivity index (χ1) is 8.24. The minimum Gasteiger partial charge on any atom is -0.398 e. The Hall–Kier alpha value is -1.15. The molecule has 0 aliphatic heterocycles. The number of sulfonamides is 1. The number of rotatable bonds is 5. The van der Waals surface area contributed by atoms with E-state index in [1.807, 2.05) is 0 Å². The van der Waals surface area contributed by atoms with Crippen LogP contribution in [0, 0.1) is 6.92 Å². The summed E-state index contributed by atoms with van der Waals surface area (Å²) < 4.78 is 26.4. The fraction of sp³-hybridized carbons (Fsp3) is 0.455. The molecule has 0 saturated carbocycles. The fourth-order valence-electron chi connectivity index (χ4n) is 1.41. The molecule has 0 aliphatic carbocycles. The molecule has 7 heteroatoms. The zero-order valence-electron chi connectivity index (χ0n) is 10.3. The maximum atomic E-state index is 12.1. The number of anilines is 1. The largest absolute Gasteiger partial charge is 0.398 e. The van der Waals surface area contributed by atoms with Gasteiger partial charge in [-0.25, -0.2) is 13.1 Å². The number of benzene rings is 1. The summed E-state index contributed by atoms with van der Waals surface area (Å²) in [5, 5.41) is 18.2. The lowest BCUT2D eigenvalue weighted by Gasteiger charge is -2.26. The maximum absolute atomic E-state index is 12.1. The van der Waals surface area contributed by atoms with Crippen LogP contribution < -0.4 is 10.5 Å². The second-order valence-electron chi connectivity index (χ2n) is 4.52. The van der Waals surface area contributed by atoms with Gasteiger partial charge in [-0.15, -0.1) is 0 Å². The van der Waals surface area contributed by atoms with Gasteiger partial charge in [-0.1, -0.05) is 6.07 Å². The second kappa shape index (κ2) is 5.23. The predicted molar refractivity (Wildman–Crippen MR) is 68.5 cm³/mol. The van der Waals surface area contributed by atoms with Crippen molar-refractivity contribution in [3.05, 3.63) is 23.8 Å². The van der Waals surface area contributed by atoms with E-state index in [1.165, 1.54) is 13.0 Å². The average molecular weight is 274 g/mol. The van der Waals surface area contributed by atoms with Crippen molar-refractivity contribution in [2.75, 3.05) is 18.9 Å². The quantitative estimate of drug-likeness (QED) is 0.546. The standard InChI is InChI=1S/C11H18N2O4S/c1-8-3-4-10(9(12)5-8)18(16,17)13-11(2,6-14)7-15/h3-5,13-15H,6-7,12H2,1-2H3. The van der Waals surface area contributed by atoms with E-state index in [4.69, 9.17) is 15.9 Å². The summed E-state index contributed by atoms with van der Waals surface area (Å²) >= 11 is 0. The molecule has 6 nitrogen and oxygen atoms in total. The highest BCUT2D eigenvalue weighted by molar-refractivity contribution is 7.89. The Morgan fingerprint density at radius 3 is 2.33 bits per heavy atom. The number of nitrogens with one attached hydrogen (secondary N) is 1. The van der Waals surface area contributed by atoms with Gasteiger partial charge in [0.1, 0.15) is 4.90 Å². The smallest absolute Gasteiger partial charge is 0.243 e. The molecule has 1 aromatic rings. The summed E-state index contributed by atoms with van der Waals surface area (Å²) in [5.41, 5.74) is 5.31. The molecule has 0 aromatic heterocycles. The number of nitrogens with two attached hydrogens (primary N) is 1. The Morgan fingerprint density at radius 1 is 1.33 bits per heavy atom. The van der Waals surface area contributed by atoms with Crippen LogP contribution in [-0.2, 0) is 10.0 Å². The van der Waals surface area contributed by atoms with Crippen molar-refractivity contribution in [3.8, 4) is 0 Å². The van der Waals surface area contributed by atoms with Crippen LogP contribution in [0.4, 0.5) is 5.69 Å². The van der Waals surface area contributed by atoms with E-state index in [-0.39, 0.29) is 10.6 Å². The van der Waals surface area contributed by atoms with Crippen LogP contribution in [0.3, 0.4) is 0 Å². The number of nitrogen functional groups attached to an aromatic ring is 1. The lowest BCUT2D eigenvalue weighted by Crippen LogP contribution is -2.51. The highest BCUT2D eigenvalue weighted by Crippen LogP contribution is 2.21. The molecule has 5 N–H and O–H groups in total. The fourth-order valence-corrected chi connectivity index (χ4v) is 2.91. The van der Waals surface area contributed by atoms with Crippen molar-refractivity contribution in [1.29, 1.82) is 0 Å². The van der Waals surface area contributed by atoms with Gasteiger partial charge >= 0.3 is 0 Å². The molecule has 0 amide bonds. The van der Waals surface area contributed by atoms with Crippen molar-refractivity contribution >= 4 is 15.7 Å². The van der Waals surface area contributed by atoms with Crippen LogP contribution in [0.2, 0.25) is 0 Å². The van der Waals surface area contributed by atoms with Crippen molar-refractivity contribution in [2.24, 2.45) is 0 Å².